The van der Waals surface area contributed by atoms with Gasteiger partial charge in [0.05, 0.1) is 22.4 Å². The molecule has 0 N–H and O–H groups in total. The van der Waals surface area contributed by atoms with Crippen molar-refractivity contribution < 1.29 is 13.2 Å². The Bertz CT molecular complexity index is 778. The number of hydrogen-bond donors (Lipinski definition) is 0. The number of sulfonamides is 1. The summed E-state index contributed by atoms with van der Waals surface area (Å²) in [5.41, 5.74) is 2.09. The van der Waals surface area contributed by atoms with Crippen molar-refractivity contribution in [2.75, 3.05) is 19.7 Å². The zero-order valence-corrected chi connectivity index (χ0v) is 15.8. The maximum Gasteiger partial charge on any atom is 0.243 e. The third-order valence-corrected chi connectivity index (χ3v) is 6.78. The molecule has 1 saturated heterocycles. The Morgan fingerprint density at radius 1 is 1.08 bits per heavy atom. The Morgan fingerprint density at radius 3 is 2.42 bits per heavy atom. The molecule has 1 aliphatic rings. The first-order chi connectivity index (χ1) is 11.5. The lowest BCUT2D eigenvalue weighted by Crippen LogP contribution is -2.36. The molecule has 3 rings (SSSR count). The SMILES string of the molecule is Cc1ccc(S(=O)(=O)N2CCO[C@@H](c3ccccc3)[C@H](Br)C2)cc1. The second-order valence-corrected chi connectivity index (χ2v) is 9.01. The number of nitrogens with zero attached hydrogens (tertiary/aromatic N) is 1. The quantitative estimate of drug-likeness (QED) is 0.728. The number of hydrogen-bond acceptors (Lipinski definition) is 3. The van der Waals surface area contributed by atoms with Crippen molar-refractivity contribution in [2.24, 2.45) is 0 Å². The molecule has 1 fully saturated rings. The minimum atomic E-state index is -3.52. The van der Waals surface area contributed by atoms with E-state index in [9.17, 15) is 8.42 Å². The first kappa shape index (κ1) is 17.6. The predicted molar refractivity (Wildman–Crippen MR) is 97.8 cm³/mol. The summed E-state index contributed by atoms with van der Waals surface area (Å²) in [5, 5.41) is 0. The van der Waals surface area contributed by atoms with E-state index in [1.807, 2.05) is 49.4 Å². The molecule has 128 valence electrons. The van der Waals surface area contributed by atoms with E-state index < -0.39 is 10.0 Å². The van der Waals surface area contributed by atoms with E-state index in [1.165, 1.54) is 4.31 Å². The number of aryl methyl sites for hydroxylation is 1. The van der Waals surface area contributed by atoms with Gasteiger partial charge in [0.15, 0.2) is 0 Å². The van der Waals surface area contributed by atoms with Crippen LogP contribution in [0.2, 0.25) is 0 Å². The van der Waals surface area contributed by atoms with Gasteiger partial charge in [-0.2, -0.15) is 4.31 Å². The zero-order valence-electron chi connectivity index (χ0n) is 13.4. The molecule has 2 aromatic rings. The van der Waals surface area contributed by atoms with E-state index in [4.69, 9.17) is 4.74 Å². The predicted octanol–water partition coefficient (Wildman–Crippen LogP) is 3.52. The van der Waals surface area contributed by atoms with Crippen molar-refractivity contribution in [2.45, 2.75) is 22.8 Å². The molecule has 6 heteroatoms. The fraction of sp³-hybridized carbons (Fsp3) is 0.333. The van der Waals surface area contributed by atoms with Crippen molar-refractivity contribution in [1.82, 2.24) is 4.31 Å². The molecule has 4 nitrogen and oxygen atoms in total. The molecule has 0 bridgehead atoms. The summed E-state index contributed by atoms with van der Waals surface area (Å²) in [6.07, 6.45) is -0.163. The molecule has 0 aromatic heterocycles. The number of rotatable bonds is 3. The average Bonchev–Trinajstić information content (AvgIpc) is 2.78. The number of alkyl halides is 1. The minimum absolute atomic E-state index is 0.109. The van der Waals surface area contributed by atoms with Crippen molar-refractivity contribution in [3.8, 4) is 0 Å². The third-order valence-electron chi connectivity index (χ3n) is 4.13. The van der Waals surface area contributed by atoms with Gasteiger partial charge >= 0.3 is 0 Å². The van der Waals surface area contributed by atoms with Crippen LogP contribution < -0.4 is 0 Å². The Hall–Kier alpha value is -1.21. The van der Waals surface area contributed by atoms with Gasteiger partial charge in [-0.05, 0) is 24.6 Å². The summed E-state index contributed by atoms with van der Waals surface area (Å²) in [4.78, 5) is 0.216. The van der Waals surface area contributed by atoms with Crippen LogP contribution >= 0.6 is 15.9 Å². The van der Waals surface area contributed by atoms with Gasteiger partial charge in [-0.1, -0.05) is 64.0 Å². The average molecular weight is 410 g/mol. The van der Waals surface area contributed by atoms with E-state index in [0.717, 1.165) is 11.1 Å². The summed E-state index contributed by atoms with van der Waals surface area (Å²) < 4.78 is 33.2. The van der Waals surface area contributed by atoms with Crippen LogP contribution in [0, 0.1) is 6.92 Å². The third kappa shape index (κ3) is 3.72. The van der Waals surface area contributed by atoms with E-state index in [1.54, 1.807) is 12.1 Å². The molecule has 0 unspecified atom stereocenters. The summed E-state index contributed by atoms with van der Waals surface area (Å²) in [6.45, 7) is 3.03. The fourth-order valence-corrected chi connectivity index (χ4v) is 5.24. The molecule has 0 saturated carbocycles. The molecule has 0 amide bonds. The van der Waals surface area contributed by atoms with Crippen molar-refractivity contribution in [3.63, 3.8) is 0 Å². The van der Waals surface area contributed by atoms with Crippen LogP contribution in [0.25, 0.3) is 0 Å². The lowest BCUT2D eigenvalue weighted by Gasteiger charge is -2.23. The van der Waals surface area contributed by atoms with Crippen molar-refractivity contribution in [1.29, 1.82) is 0 Å². The zero-order chi connectivity index (χ0) is 17.2. The summed E-state index contributed by atoms with van der Waals surface area (Å²) in [5.74, 6) is 0. The van der Waals surface area contributed by atoms with Gasteiger partial charge in [0, 0.05) is 13.1 Å². The van der Waals surface area contributed by atoms with Crippen LogP contribution in [0.1, 0.15) is 17.2 Å². The molecule has 2 atom stereocenters. The van der Waals surface area contributed by atoms with Gasteiger partial charge < -0.3 is 4.74 Å². The van der Waals surface area contributed by atoms with Gasteiger partial charge in [0.1, 0.15) is 0 Å². The second-order valence-electron chi connectivity index (χ2n) is 5.89. The molecular formula is C18H20BrNO3S. The lowest BCUT2D eigenvalue weighted by molar-refractivity contribution is 0.0678. The largest absolute Gasteiger partial charge is 0.371 e. The van der Waals surface area contributed by atoms with Crippen LogP contribution in [0.3, 0.4) is 0 Å². The molecule has 1 aliphatic heterocycles. The van der Waals surface area contributed by atoms with Gasteiger partial charge in [-0.25, -0.2) is 8.42 Å². The number of halogens is 1. The first-order valence-electron chi connectivity index (χ1n) is 7.86. The molecule has 24 heavy (non-hydrogen) atoms. The van der Waals surface area contributed by atoms with E-state index >= 15 is 0 Å². The standard InChI is InChI=1S/C18H20BrNO3S/c1-14-7-9-16(10-8-14)24(21,22)20-11-12-23-18(17(19)13-20)15-5-3-2-4-6-15/h2-10,17-18H,11-13H2,1H3/t17-,18+/m1/s1. The minimum Gasteiger partial charge on any atom is -0.371 e. The van der Waals surface area contributed by atoms with Crippen LogP contribution in [0.5, 0.6) is 0 Å². The Labute approximate surface area is 151 Å². The highest BCUT2D eigenvalue weighted by molar-refractivity contribution is 9.09. The maximum atomic E-state index is 12.9. The van der Waals surface area contributed by atoms with Crippen LogP contribution in [-0.2, 0) is 14.8 Å². The highest BCUT2D eigenvalue weighted by Crippen LogP contribution is 2.31. The summed E-state index contributed by atoms with van der Waals surface area (Å²) in [6, 6.07) is 16.8. The van der Waals surface area contributed by atoms with Crippen LogP contribution in [0.4, 0.5) is 0 Å². The van der Waals surface area contributed by atoms with Gasteiger partial charge in [0.25, 0.3) is 0 Å². The summed E-state index contributed by atoms with van der Waals surface area (Å²) >= 11 is 3.63. The topological polar surface area (TPSA) is 46.6 Å². The van der Waals surface area contributed by atoms with Crippen LogP contribution in [0.15, 0.2) is 59.5 Å². The smallest absolute Gasteiger partial charge is 0.243 e. The van der Waals surface area contributed by atoms with E-state index in [0.29, 0.717) is 24.6 Å². The number of benzene rings is 2. The highest BCUT2D eigenvalue weighted by atomic mass is 79.9. The van der Waals surface area contributed by atoms with E-state index in [2.05, 4.69) is 15.9 Å². The second kappa shape index (κ2) is 7.35. The maximum absolute atomic E-state index is 12.9. The number of ether oxygens (including phenoxy) is 1. The van der Waals surface area contributed by atoms with E-state index in [-0.39, 0.29) is 10.9 Å². The normalized spacial score (nSPS) is 22.9. The first-order valence-corrected chi connectivity index (χ1v) is 10.2. The van der Waals surface area contributed by atoms with Gasteiger partial charge in [0.2, 0.25) is 10.0 Å². The fourth-order valence-electron chi connectivity index (χ4n) is 2.79. The Kier molecular flexibility index (Phi) is 5.39. The summed E-state index contributed by atoms with van der Waals surface area (Å²) in [7, 11) is -3.52. The van der Waals surface area contributed by atoms with Crippen LogP contribution in [-0.4, -0.2) is 37.2 Å². The molecule has 0 aliphatic carbocycles. The molecule has 1 heterocycles. The Balaban J connectivity index is 1.82. The molecule has 0 spiro atoms. The molecular weight excluding hydrogens is 390 g/mol. The van der Waals surface area contributed by atoms with Crippen molar-refractivity contribution in [3.05, 3.63) is 65.7 Å². The van der Waals surface area contributed by atoms with Crippen molar-refractivity contribution >= 4 is 26.0 Å². The Morgan fingerprint density at radius 2 is 1.75 bits per heavy atom. The lowest BCUT2D eigenvalue weighted by atomic mass is 10.1. The molecule has 2 aromatic carbocycles. The van der Waals surface area contributed by atoms with Gasteiger partial charge in [-0.3, -0.25) is 0 Å². The highest BCUT2D eigenvalue weighted by Gasteiger charge is 2.33. The monoisotopic (exact) mass is 409 g/mol. The van der Waals surface area contributed by atoms with Gasteiger partial charge in [-0.15, -0.1) is 0 Å². The molecule has 0 radical (unpaired) electrons.